The third-order valence-corrected chi connectivity index (χ3v) is 7.01. The Morgan fingerprint density at radius 3 is 2.77 bits per heavy atom. The van der Waals surface area contributed by atoms with Gasteiger partial charge in [0.15, 0.2) is 0 Å². The van der Waals surface area contributed by atoms with Gasteiger partial charge < -0.3 is 5.32 Å². The van der Waals surface area contributed by atoms with E-state index in [-0.39, 0.29) is 11.9 Å². The van der Waals surface area contributed by atoms with E-state index in [2.05, 4.69) is 62.3 Å². The summed E-state index contributed by atoms with van der Waals surface area (Å²) in [5, 5.41) is 6.15. The summed E-state index contributed by atoms with van der Waals surface area (Å²) in [6.45, 7) is 5.19. The van der Waals surface area contributed by atoms with Crippen LogP contribution in [0.1, 0.15) is 29.7 Å². The molecule has 1 N–H and O–H groups in total. The Hall–Kier alpha value is -2.02. The van der Waals surface area contributed by atoms with Crippen LogP contribution in [0, 0.1) is 6.92 Å². The molecule has 30 heavy (non-hydrogen) atoms. The Morgan fingerprint density at radius 1 is 1.20 bits per heavy atom. The average molecular weight is 484 g/mol. The molecule has 0 bridgehead atoms. The first-order chi connectivity index (χ1) is 14.6. The molecule has 0 unspecified atom stereocenters. The highest BCUT2D eigenvalue weighted by Crippen LogP contribution is 2.26. The van der Waals surface area contributed by atoms with E-state index in [0.29, 0.717) is 6.42 Å². The van der Waals surface area contributed by atoms with Crippen LogP contribution in [0.2, 0.25) is 0 Å². The molecule has 1 aliphatic heterocycles. The highest BCUT2D eigenvalue weighted by atomic mass is 79.9. The number of nitrogens with one attached hydrogen (secondary N) is 1. The van der Waals surface area contributed by atoms with Gasteiger partial charge in [-0.05, 0) is 43.0 Å². The molecule has 0 spiro atoms. The van der Waals surface area contributed by atoms with Gasteiger partial charge in [-0.15, -0.1) is 11.3 Å². The highest BCUT2D eigenvalue weighted by Gasteiger charge is 2.21. The van der Waals surface area contributed by atoms with E-state index in [1.807, 2.05) is 29.6 Å². The molecule has 1 fully saturated rings. The molecule has 2 heterocycles. The smallest absolute Gasteiger partial charge is 0.226 e. The van der Waals surface area contributed by atoms with E-state index in [0.717, 1.165) is 53.2 Å². The van der Waals surface area contributed by atoms with Crippen molar-refractivity contribution in [2.45, 2.75) is 38.8 Å². The molecule has 0 radical (unpaired) electrons. The fourth-order valence-corrected chi connectivity index (χ4v) is 5.07. The predicted molar refractivity (Wildman–Crippen MR) is 127 cm³/mol. The summed E-state index contributed by atoms with van der Waals surface area (Å²) >= 11 is 5.08. The van der Waals surface area contributed by atoms with Crippen molar-refractivity contribution in [1.29, 1.82) is 0 Å². The number of halogens is 1. The van der Waals surface area contributed by atoms with E-state index < -0.39 is 0 Å². The zero-order chi connectivity index (χ0) is 20.9. The fraction of sp³-hybridized carbons (Fsp3) is 0.333. The van der Waals surface area contributed by atoms with Crippen LogP contribution in [0.5, 0.6) is 0 Å². The summed E-state index contributed by atoms with van der Waals surface area (Å²) in [6.07, 6.45) is 2.34. The van der Waals surface area contributed by atoms with Gasteiger partial charge in [0.25, 0.3) is 0 Å². The molecule has 156 valence electrons. The van der Waals surface area contributed by atoms with Crippen LogP contribution in [0.4, 0.5) is 0 Å². The van der Waals surface area contributed by atoms with Crippen molar-refractivity contribution in [3.63, 3.8) is 0 Å². The molecule has 2 aromatic carbocycles. The number of likely N-dealkylation sites (tertiary alicyclic amines) is 1. The zero-order valence-electron chi connectivity index (χ0n) is 17.1. The van der Waals surface area contributed by atoms with Crippen molar-refractivity contribution in [2.75, 3.05) is 13.1 Å². The van der Waals surface area contributed by atoms with Crippen LogP contribution < -0.4 is 5.32 Å². The topological polar surface area (TPSA) is 45.2 Å². The zero-order valence-corrected chi connectivity index (χ0v) is 19.5. The summed E-state index contributed by atoms with van der Waals surface area (Å²) in [5.41, 5.74) is 4.65. The third kappa shape index (κ3) is 5.56. The maximum Gasteiger partial charge on any atom is 0.226 e. The van der Waals surface area contributed by atoms with Crippen molar-refractivity contribution < 1.29 is 4.79 Å². The molecule has 1 amide bonds. The van der Waals surface area contributed by atoms with E-state index in [1.54, 1.807) is 11.3 Å². The number of piperidine rings is 1. The van der Waals surface area contributed by atoms with Crippen LogP contribution in [-0.4, -0.2) is 34.9 Å². The third-order valence-electron chi connectivity index (χ3n) is 5.57. The van der Waals surface area contributed by atoms with Crippen LogP contribution >= 0.6 is 27.3 Å². The molecule has 0 atom stereocenters. The van der Waals surface area contributed by atoms with E-state index in [1.165, 1.54) is 11.1 Å². The minimum Gasteiger partial charge on any atom is -0.353 e. The lowest BCUT2D eigenvalue weighted by atomic mass is 10.0. The Balaban J connectivity index is 1.25. The Bertz CT molecular complexity index is 1010. The lowest BCUT2D eigenvalue weighted by Gasteiger charge is -2.32. The van der Waals surface area contributed by atoms with Gasteiger partial charge >= 0.3 is 0 Å². The number of carbonyl (C=O) groups excluding carboxylic acids is 1. The molecular weight excluding hydrogens is 458 g/mol. The number of benzene rings is 2. The van der Waals surface area contributed by atoms with Gasteiger partial charge in [-0.25, -0.2) is 4.98 Å². The number of rotatable bonds is 6. The van der Waals surface area contributed by atoms with Crippen LogP contribution in [0.15, 0.2) is 58.4 Å². The summed E-state index contributed by atoms with van der Waals surface area (Å²) < 4.78 is 1.03. The second kappa shape index (κ2) is 9.86. The summed E-state index contributed by atoms with van der Waals surface area (Å²) in [5.74, 6) is 0.0680. The molecular formula is C24H26BrN3OS. The Labute approximate surface area is 190 Å². The van der Waals surface area contributed by atoms with Gasteiger partial charge in [-0.2, -0.15) is 0 Å². The maximum atomic E-state index is 12.5. The lowest BCUT2D eigenvalue weighted by Crippen LogP contribution is -2.44. The predicted octanol–water partition coefficient (Wildman–Crippen LogP) is 5.20. The van der Waals surface area contributed by atoms with Gasteiger partial charge in [0.2, 0.25) is 5.91 Å². The van der Waals surface area contributed by atoms with Crippen LogP contribution in [0.3, 0.4) is 0 Å². The molecule has 1 aliphatic rings. The van der Waals surface area contributed by atoms with Gasteiger partial charge in [0, 0.05) is 41.1 Å². The molecule has 1 saturated heterocycles. The van der Waals surface area contributed by atoms with Crippen LogP contribution in [-0.2, 0) is 17.8 Å². The normalized spacial score (nSPS) is 15.3. The Morgan fingerprint density at radius 2 is 2.00 bits per heavy atom. The minimum absolute atomic E-state index is 0.0680. The Kier molecular flexibility index (Phi) is 6.97. The SMILES string of the molecule is Cc1ccccc1CN1CCC(NC(=O)Cc2csc(-c3cccc(Br)c3)n2)CC1. The first kappa shape index (κ1) is 21.2. The molecule has 6 heteroatoms. The number of nitrogens with zero attached hydrogens (tertiary/aromatic N) is 2. The molecule has 1 aromatic heterocycles. The number of aryl methyl sites for hydroxylation is 1. The van der Waals surface area contributed by atoms with Gasteiger partial charge in [-0.1, -0.05) is 52.3 Å². The summed E-state index contributed by atoms with van der Waals surface area (Å²) in [7, 11) is 0. The van der Waals surface area contributed by atoms with Crippen molar-refractivity contribution in [3.8, 4) is 10.6 Å². The maximum absolute atomic E-state index is 12.5. The van der Waals surface area contributed by atoms with E-state index >= 15 is 0 Å². The quantitative estimate of drug-likeness (QED) is 0.523. The second-order valence-electron chi connectivity index (χ2n) is 7.88. The number of amides is 1. The van der Waals surface area contributed by atoms with Crippen molar-refractivity contribution in [3.05, 3.63) is 75.2 Å². The number of carbonyl (C=O) groups is 1. The average Bonchev–Trinajstić information content (AvgIpc) is 3.19. The first-order valence-corrected chi connectivity index (χ1v) is 12.0. The number of aromatic nitrogens is 1. The molecule has 3 aromatic rings. The first-order valence-electron chi connectivity index (χ1n) is 10.3. The standard InChI is InChI=1S/C24H26BrN3OS/c1-17-5-2-3-6-19(17)15-28-11-9-21(10-12-28)26-23(29)14-22-16-30-24(27-22)18-7-4-8-20(25)13-18/h2-8,13,16,21H,9-12,14-15H2,1H3,(H,26,29). The molecule has 4 rings (SSSR count). The van der Waals surface area contributed by atoms with Crippen molar-refractivity contribution in [2.24, 2.45) is 0 Å². The lowest BCUT2D eigenvalue weighted by molar-refractivity contribution is -0.121. The second-order valence-corrected chi connectivity index (χ2v) is 9.65. The van der Waals surface area contributed by atoms with Crippen molar-refractivity contribution >= 4 is 33.2 Å². The summed E-state index contributed by atoms with van der Waals surface area (Å²) in [6, 6.07) is 16.9. The van der Waals surface area contributed by atoms with Crippen LogP contribution in [0.25, 0.3) is 10.6 Å². The molecule has 0 aliphatic carbocycles. The van der Waals surface area contributed by atoms with E-state index in [9.17, 15) is 4.79 Å². The number of hydrogen-bond donors (Lipinski definition) is 1. The fourth-order valence-electron chi connectivity index (χ4n) is 3.85. The van der Waals surface area contributed by atoms with Gasteiger partial charge in [0.1, 0.15) is 5.01 Å². The molecule has 0 saturated carbocycles. The molecule has 4 nitrogen and oxygen atoms in total. The largest absolute Gasteiger partial charge is 0.353 e. The highest BCUT2D eigenvalue weighted by molar-refractivity contribution is 9.10. The minimum atomic E-state index is 0.0680. The number of thiazole rings is 1. The van der Waals surface area contributed by atoms with Crippen molar-refractivity contribution in [1.82, 2.24) is 15.2 Å². The van der Waals surface area contributed by atoms with Gasteiger partial charge in [-0.3, -0.25) is 9.69 Å². The number of hydrogen-bond acceptors (Lipinski definition) is 4. The monoisotopic (exact) mass is 483 g/mol. The summed E-state index contributed by atoms with van der Waals surface area (Å²) in [4.78, 5) is 19.7. The van der Waals surface area contributed by atoms with Gasteiger partial charge in [0.05, 0.1) is 12.1 Å². The van der Waals surface area contributed by atoms with E-state index in [4.69, 9.17) is 0 Å².